The number of carbonyl (C=O) groups is 1. The first-order valence-corrected chi connectivity index (χ1v) is 9.89. The number of benzene rings is 3. The van der Waals surface area contributed by atoms with Crippen molar-refractivity contribution in [3.63, 3.8) is 0 Å². The van der Waals surface area contributed by atoms with E-state index < -0.39 is 0 Å². The summed E-state index contributed by atoms with van der Waals surface area (Å²) in [4.78, 5) is 15.5. The maximum atomic E-state index is 12.3. The molecule has 2 nitrogen and oxygen atoms in total. The molecule has 0 atom stereocenters. The normalized spacial score (nSPS) is 10.4. The van der Waals surface area contributed by atoms with Gasteiger partial charge >= 0.3 is 0 Å². The number of halogens is 1. The molecule has 0 bridgehead atoms. The fourth-order valence-corrected chi connectivity index (χ4v) is 3.89. The van der Waals surface area contributed by atoms with Crippen molar-refractivity contribution in [1.82, 2.24) is 0 Å². The molecule has 3 rings (SSSR count). The average Bonchev–Trinajstić information content (AvgIpc) is 2.64. The lowest BCUT2D eigenvalue weighted by atomic mass is 10.3. The maximum absolute atomic E-state index is 12.3. The van der Waals surface area contributed by atoms with E-state index in [0.717, 1.165) is 20.4 Å². The van der Waals surface area contributed by atoms with Gasteiger partial charge in [-0.25, -0.2) is 0 Å². The van der Waals surface area contributed by atoms with E-state index in [1.165, 1.54) is 11.8 Å². The first-order chi connectivity index (χ1) is 12.2. The molecule has 126 valence electrons. The van der Waals surface area contributed by atoms with Crippen LogP contribution in [0.2, 0.25) is 5.02 Å². The van der Waals surface area contributed by atoms with Crippen LogP contribution in [0, 0.1) is 0 Å². The zero-order valence-corrected chi connectivity index (χ0v) is 15.7. The molecule has 3 aromatic rings. The van der Waals surface area contributed by atoms with E-state index in [-0.39, 0.29) is 5.91 Å². The van der Waals surface area contributed by atoms with Gasteiger partial charge in [-0.2, -0.15) is 0 Å². The van der Waals surface area contributed by atoms with E-state index in [2.05, 4.69) is 17.4 Å². The number of para-hydroxylation sites is 1. The molecule has 1 N–H and O–H groups in total. The van der Waals surface area contributed by atoms with Crippen molar-refractivity contribution >= 4 is 46.7 Å². The Bertz CT molecular complexity index is 838. The molecule has 0 aliphatic rings. The minimum Gasteiger partial charge on any atom is -0.324 e. The number of carbonyl (C=O) groups excluding carboxylic acids is 1. The van der Waals surface area contributed by atoms with Gasteiger partial charge < -0.3 is 5.32 Å². The lowest BCUT2D eigenvalue weighted by Gasteiger charge is -2.10. The monoisotopic (exact) mass is 385 g/mol. The van der Waals surface area contributed by atoms with Crippen LogP contribution < -0.4 is 5.32 Å². The van der Waals surface area contributed by atoms with Crippen molar-refractivity contribution in [2.75, 3.05) is 11.1 Å². The van der Waals surface area contributed by atoms with Crippen LogP contribution in [0.1, 0.15) is 0 Å². The van der Waals surface area contributed by atoms with Gasteiger partial charge in [0.25, 0.3) is 0 Å². The fraction of sp³-hybridized carbons (Fsp3) is 0.0500. The topological polar surface area (TPSA) is 29.1 Å². The zero-order valence-electron chi connectivity index (χ0n) is 13.3. The summed E-state index contributed by atoms with van der Waals surface area (Å²) < 4.78 is 0. The van der Waals surface area contributed by atoms with Crippen molar-refractivity contribution < 1.29 is 4.79 Å². The van der Waals surface area contributed by atoms with Crippen molar-refractivity contribution in [2.45, 2.75) is 14.7 Å². The second-order valence-corrected chi connectivity index (χ2v) is 7.80. The summed E-state index contributed by atoms with van der Waals surface area (Å²) >= 11 is 9.00. The van der Waals surface area contributed by atoms with Gasteiger partial charge in [-0.05, 0) is 48.5 Å². The van der Waals surface area contributed by atoms with Gasteiger partial charge in [-0.15, -0.1) is 11.8 Å². The van der Waals surface area contributed by atoms with E-state index in [0.29, 0.717) is 10.8 Å². The summed E-state index contributed by atoms with van der Waals surface area (Å²) in [6, 6.07) is 25.4. The zero-order chi connectivity index (χ0) is 17.5. The molecular formula is C20H16ClNOS2. The van der Waals surface area contributed by atoms with Crippen LogP contribution in [-0.4, -0.2) is 11.7 Å². The van der Waals surface area contributed by atoms with Gasteiger partial charge in [0.2, 0.25) is 5.91 Å². The third kappa shape index (κ3) is 5.56. The lowest BCUT2D eigenvalue weighted by molar-refractivity contribution is -0.113. The molecular weight excluding hydrogens is 370 g/mol. The molecule has 0 aliphatic carbocycles. The second kappa shape index (κ2) is 8.99. The van der Waals surface area contributed by atoms with E-state index in [1.54, 1.807) is 11.8 Å². The molecule has 3 aromatic carbocycles. The van der Waals surface area contributed by atoms with Gasteiger partial charge in [0.15, 0.2) is 0 Å². The maximum Gasteiger partial charge on any atom is 0.234 e. The Hall–Kier alpha value is -1.88. The first kappa shape index (κ1) is 17.9. The quantitative estimate of drug-likeness (QED) is 0.510. The Labute approximate surface area is 161 Å². The van der Waals surface area contributed by atoms with Crippen molar-refractivity contribution in [2.24, 2.45) is 0 Å². The van der Waals surface area contributed by atoms with E-state index >= 15 is 0 Å². The highest BCUT2D eigenvalue weighted by molar-refractivity contribution is 8.00. The average molecular weight is 386 g/mol. The van der Waals surface area contributed by atoms with Crippen LogP contribution in [0.15, 0.2) is 93.5 Å². The predicted octanol–water partition coefficient (Wildman–Crippen LogP) is 6.22. The second-order valence-electron chi connectivity index (χ2n) is 5.20. The van der Waals surface area contributed by atoms with E-state index in [9.17, 15) is 4.79 Å². The molecule has 25 heavy (non-hydrogen) atoms. The number of rotatable bonds is 6. The van der Waals surface area contributed by atoms with Crippen molar-refractivity contribution in [3.8, 4) is 0 Å². The summed E-state index contributed by atoms with van der Waals surface area (Å²) in [5.41, 5.74) is 0.832. The SMILES string of the molecule is O=C(CSc1ccc(Cl)cc1)Nc1ccccc1Sc1ccccc1. The van der Waals surface area contributed by atoms with Gasteiger partial charge in [0.05, 0.1) is 11.4 Å². The molecule has 0 spiro atoms. The minimum absolute atomic E-state index is 0.0268. The highest BCUT2D eigenvalue weighted by Gasteiger charge is 2.08. The molecule has 0 unspecified atom stereocenters. The van der Waals surface area contributed by atoms with Crippen LogP contribution in [0.25, 0.3) is 0 Å². The highest BCUT2D eigenvalue weighted by atomic mass is 35.5. The summed E-state index contributed by atoms with van der Waals surface area (Å²) in [6.07, 6.45) is 0. The fourth-order valence-electron chi connectivity index (χ4n) is 2.14. The predicted molar refractivity (Wildman–Crippen MR) is 108 cm³/mol. The van der Waals surface area contributed by atoms with Crippen LogP contribution in [-0.2, 0) is 4.79 Å². The van der Waals surface area contributed by atoms with Crippen LogP contribution in [0.5, 0.6) is 0 Å². The van der Waals surface area contributed by atoms with E-state index in [1.807, 2.05) is 66.7 Å². The smallest absolute Gasteiger partial charge is 0.234 e. The molecule has 0 saturated carbocycles. The van der Waals surface area contributed by atoms with Gasteiger partial charge in [-0.3, -0.25) is 4.79 Å². The molecule has 0 heterocycles. The molecule has 0 aromatic heterocycles. The Morgan fingerprint density at radius 1 is 0.840 bits per heavy atom. The Kier molecular flexibility index (Phi) is 6.45. The number of hydrogen-bond donors (Lipinski definition) is 1. The Morgan fingerprint density at radius 3 is 2.28 bits per heavy atom. The lowest BCUT2D eigenvalue weighted by Crippen LogP contribution is -2.14. The standard InChI is InChI=1S/C20H16ClNOS2/c21-15-10-12-16(13-11-15)24-14-20(23)22-18-8-4-5-9-19(18)25-17-6-2-1-3-7-17/h1-13H,14H2,(H,22,23). The Balaban J connectivity index is 1.62. The van der Waals surface area contributed by atoms with E-state index in [4.69, 9.17) is 11.6 Å². The summed E-state index contributed by atoms with van der Waals surface area (Å²) in [7, 11) is 0. The summed E-state index contributed by atoms with van der Waals surface area (Å²) in [5.74, 6) is 0.326. The molecule has 0 radical (unpaired) electrons. The van der Waals surface area contributed by atoms with Crippen LogP contribution in [0.4, 0.5) is 5.69 Å². The largest absolute Gasteiger partial charge is 0.324 e. The van der Waals surface area contributed by atoms with Gasteiger partial charge in [-0.1, -0.05) is 53.7 Å². The summed E-state index contributed by atoms with van der Waals surface area (Å²) in [5, 5.41) is 3.70. The first-order valence-electron chi connectivity index (χ1n) is 7.71. The molecule has 0 aliphatic heterocycles. The number of thioether (sulfide) groups is 1. The number of amides is 1. The molecule has 0 saturated heterocycles. The number of anilines is 1. The van der Waals surface area contributed by atoms with Crippen molar-refractivity contribution in [3.05, 3.63) is 83.9 Å². The number of nitrogens with one attached hydrogen (secondary N) is 1. The molecule has 0 fully saturated rings. The van der Waals surface area contributed by atoms with Gasteiger partial charge in [0.1, 0.15) is 0 Å². The minimum atomic E-state index is -0.0268. The number of hydrogen-bond acceptors (Lipinski definition) is 3. The summed E-state index contributed by atoms with van der Waals surface area (Å²) in [6.45, 7) is 0. The van der Waals surface area contributed by atoms with Crippen LogP contribution >= 0.6 is 35.1 Å². The third-order valence-corrected chi connectivity index (χ3v) is 5.66. The van der Waals surface area contributed by atoms with Crippen LogP contribution in [0.3, 0.4) is 0 Å². The third-order valence-electron chi connectivity index (χ3n) is 3.32. The molecule has 5 heteroatoms. The van der Waals surface area contributed by atoms with Gasteiger partial charge in [0, 0.05) is 19.7 Å². The Morgan fingerprint density at radius 2 is 1.52 bits per heavy atom. The highest BCUT2D eigenvalue weighted by Crippen LogP contribution is 2.33. The van der Waals surface area contributed by atoms with Crippen molar-refractivity contribution in [1.29, 1.82) is 0 Å². The molecule has 1 amide bonds.